The number of aromatic hydroxyl groups is 1. The molecule has 8 heteroatoms. The van der Waals surface area contributed by atoms with Crippen LogP contribution < -0.4 is 4.74 Å². The number of ether oxygens (including phenoxy) is 1. The molecule has 0 spiro atoms. The maximum Gasteiger partial charge on any atom is 0.295 e. The number of benzene rings is 2. The van der Waals surface area contributed by atoms with Gasteiger partial charge in [-0.15, -0.1) is 0 Å². The molecule has 1 aromatic heterocycles. The van der Waals surface area contributed by atoms with Crippen molar-refractivity contribution in [1.82, 2.24) is 9.88 Å². The highest BCUT2D eigenvalue weighted by Gasteiger charge is 2.46. The zero-order valence-corrected chi connectivity index (χ0v) is 17.0. The second kappa shape index (κ2) is 8.50. The number of aromatic nitrogens is 1. The molecule has 0 radical (unpaired) electrons. The molecule has 2 heterocycles. The summed E-state index contributed by atoms with van der Waals surface area (Å²) < 4.78 is 18.5. The molecule has 1 atom stereocenters. The lowest BCUT2D eigenvalue weighted by molar-refractivity contribution is -0.140. The number of carbonyl (C=O) groups is 2. The Hall–Kier alpha value is -4.20. The monoisotopic (exact) mass is 434 g/mol. The smallest absolute Gasteiger partial charge is 0.295 e. The molecule has 7 nitrogen and oxygen atoms in total. The zero-order valence-electron chi connectivity index (χ0n) is 17.0. The summed E-state index contributed by atoms with van der Waals surface area (Å²) in [6.45, 7) is 0.0620. The number of Topliss-reactive ketones (excluding diaryl/α,β-unsaturated/α-hetero) is 1. The largest absolute Gasteiger partial charge is 0.507 e. The molecular formula is C24H19FN2O5. The van der Waals surface area contributed by atoms with Gasteiger partial charge in [0.05, 0.1) is 18.7 Å². The van der Waals surface area contributed by atoms with Crippen molar-refractivity contribution in [1.29, 1.82) is 0 Å². The van der Waals surface area contributed by atoms with Gasteiger partial charge < -0.3 is 19.8 Å². The topological polar surface area (TPSA) is 100.0 Å². The molecule has 162 valence electrons. The van der Waals surface area contributed by atoms with Crippen LogP contribution >= 0.6 is 0 Å². The minimum atomic E-state index is -0.963. The minimum Gasteiger partial charge on any atom is -0.507 e. The van der Waals surface area contributed by atoms with E-state index in [4.69, 9.17) is 4.74 Å². The van der Waals surface area contributed by atoms with Crippen LogP contribution in [0.15, 0.2) is 72.6 Å². The number of likely N-dealkylation sites (tertiary alicyclic amines) is 1. The third kappa shape index (κ3) is 3.78. The average molecular weight is 434 g/mol. The first-order chi connectivity index (χ1) is 15.4. The van der Waals surface area contributed by atoms with Gasteiger partial charge in [0, 0.05) is 24.5 Å². The fourth-order valence-corrected chi connectivity index (χ4v) is 3.71. The molecular weight excluding hydrogens is 415 g/mol. The molecule has 1 aliphatic heterocycles. The lowest BCUT2D eigenvalue weighted by Gasteiger charge is -2.25. The molecule has 1 aliphatic rings. The van der Waals surface area contributed by atoms with Gasteiger partial charge in [0.1, 0.15) is 11.6 Å². The molecule has 1 unspecified atom stereocenters. The van der Waals surface area contributed by atoms with Gasteiger partial charge in [-0.2, -0.15) is 0 Å². The Labute approximate surface area is 183 Å². The van der Waals surface area contributed by atoms with E-state index < -0.39 is 29.3 Å². The summed E-state index contributed by atoms with van der Waals surface area (Å²) in [5.74, 6) is -2.55. The van der Waals surface area contributed by atoms with Gasteiger partial charge in [0.25, 0.3) is 11.7 Å². The van der Waals surface area contributed by atoms with Crippen molar-refractivity contribution in [2.45, 2.75) is 12.6 Å². The van der Waals surface area contributed by atoms with Gasteiger partial charge >= 0.3 is 0 Å². The number of carbonyl (C=O) groups excluding carboxylic acids is 2. The van der Waals surface area contributed by atoms with E-state index in [1.807, 2.05) is 0 Å². The van der Waals surface area contributed by atoms with Crippen LogP contribution in [0.3, 0.4) is 0 Å². The molecule has 1 fully saturated rings. The van der Waals surface area contributed by atoms with Crippen molar-refractivity contribution in [3.05, 3.63) is 95.1 Å². The van der Waals surface area contributed by atoms with E-state index in [0.717, 1.165) is 12.1 Å². The van der Waals surface area contributed by atoms with E-state index >= 15 is 0 Å². The summed E-state index contributed by atoms with van der Waals surface area (Å²) in [4.78, 5) is 31.4. The Morgan fingerprint density at radius 3 is 2.56 bits per heavy atom. The number of hydrogen-bond donors (Lipinski definition) is 2. The second-order valence-corrected chi connectivity index (χ2v) is 7.23. The number of ketones is 1. The summed E-state index contributed by atoms with van der Waals surface area (Å²) in [6, 6.07) is 11.9. The average Bonchev–Trinajstić information content (AvgIpc) is 3.05. The first-order valence-electron chi connectivity index (χ1n) is 9.71. The first kappa shape index (κ1) is 21.0. The minimum absolute atomic E-state index is 0.0620. The van der Waals surface area contributed by atoms with Crippen LogP contribution in [0.4, 0.5) is 4.39 Å². The number of aliphatic hydroxyl groups is 1. The molecule has 1 amide bonds. The number of nitrogens with zero attached hydrogens (tertiary/aromatic N) is 2. The lowest BCUT2D eigenvalue weighted by Crippen LogP contribution is -2.29. The summed E-state index contributed by atoms with van der Waals surface area (Å²) in [5.41, 5.74) is 1.19. The number of methoxy groups -OCH3 is 1. The number of halogens is 1. The van der Waals surface area contributed by atoms with Crippen LogP contribution in [0.25, 0.3) is 5.76 Å². The fourth-order valence-electron chi connectivity index (χ4n) is 3.71. The van der Waals surface area contributed by atoms with Crippen LogP contribution in [0.2, 0.25) is 0 Å². The Bertz CT molecular complexity index is 1210. The predicted octanol–water partition coefficient (Wildman–Crippen LogP) is 3.56. The van der Waals surface area contributed by atoms with Gasteiger partial charge in [-0.25, -0.2) is 4.39 Å². The van der Waals surface area contributed by atoms with Crippen molar-refractivity contribution in [3.63, 3.8) is 0 Å². The lowest BCUT2D eigenvalue weighted by atomic mass is 9.95. The van der Waals surface area contributed by atoms with Crippen molar-refractivity contribution >= 4 is 17.4 Å². The SMILES string of the molecule is COc1cc(C2C(=C(O)c3ccc(F)cc3)C(=O)C(=O)N2Cc2cccnc2)ccc1O. The molecule has 3 aromatic rings. The number of amides is 1. The summed E-state index contributed by atoms with van der Waals surface area (Å²) in [7, 11) is 1.38. The van der Waals surface area contributed by atoms with Gasteiger partial charge in [-0.05, 0) is 53.6 Å². The Balaban J connectivity index is 1.89. The number of pyridine rings is 1. The summed E-state index contributed by atoms with van der Waals surface area (Å²) in [6.07, 6.45) is 3.17. The van der Waals surface area contributed by atoms with Crippen molar-refractivity contribution in [2.24, 2.45) is 0 Å². The van der Waals surface area contributed by atoms with Gasteiger partial charge in [0.2, 0.25) is 0 Å². The molecule has 1 saturated heterocycles. The highest BCUT2D eigenvalue weighted by molar-refractivity contribution is 6.46. The van der Waals surface area contributed by atoms with Crippen LogP contribution in [0.1, 0.15) is 22.7 Å². The standard InChI is InChI=1S/C24H19FN2O5/c1-32-19-11-16(6-9-18(19)28)21-20(22(29)15-4-7-17(25)8-5-15)23(30)24(31)27(21)13-14-3-2-10-26-12-14/h2-12,21,28-29H,13H2,1H3. The highest BCUT2D eigenvalue weighted by Crippen LogP contribution is 2.42. The molecule has 0 aliphatic carbocycles. The zero-order chi connectivity index (χ0) is 22.8. The Morgan fingerprint density at radius 2 is 1.91 bits per heavy atom. The molecule has 4 rings (SSSR count). The molecule has 2 aromatic carbocycles. The van der Waals surface area contributed by atoms with Crippen molar-refractivity contribution < 1.29 is 28.9 Å². The number of phenols is 1. The van der Waals surface area contributed by atoms with E-state index in [1.165, 1.54) is 36.3 Å². The maximum absolute atomic E-state index is 13.4. The number of aliphatic hydroxyl groups excluding tert-OH is 1. The van der Waals surface area contributed by atoms with E-state index in [2.05, 4.69) is 4.98 Å². The second-order valence-electron chi connectivity index (χ2n) is 7.23. The van der Waals surface area contributed by atoms with Gasteiger partial charge in [-0.3, -0.25) is 14.6 Å². The number of rotatable bonds is 5. The van der Waals surface area contributed by atoms with Crippen LogP contribution in [-0.4, -0.2) is 38.9 Å². The maximum atomic E-state index is 13.4. The fraction of sp³-hybridized carbons (Fsp3) is 0.125. The molecule has 0 bridgehead atoms. The van der Waals surface area contributed by atoms with E-state index in [-0.39, 0.29) is 29.2 Å². The van der Waals surface area contributed by atoms with Crippen LogP contribution in [-0.2, 0) is 16.1 Å². The van der Waals surface area contributed by atoms with Crippen molar-refractivity contribution in [2.75, 3.05) is 7.11 Å². The third-order valence-corrected chi connectivity index (χ3v) is 5.25. The van der Waals surface area contributed by atoms with Gasteiger partial charge in [0.15, 0.2) is 11.5 Å². The first-order valence-corrected chi connectivity index (χ1v) is 9.71. The summed E-state index contributed by atoms with van der Waals surface area (Å²) >= 11 is 0. The van der Waals surface area contributed by atoms with Gasteiger partial charge in [-0.1, -0.05) is 12.1 Å². The normalized spacial score (nSPS) is 17.6. The quantitative estimate of drug-likeness (QED) is 0.362. The Kier molecular flexibility index (Phi) is 5.59. The molecule has 2 N–H and O–H groups in total. The third-order valence-electron chi connectivity index (χ3n) is 5.25. The van der Waals surface area contributed by atoms with E-state index in [9.17, 15) is 24.2 Å². The van der Waals surface area contributed by atoms with Crippen molar-refractivity contribution in [3.8, 4) is 11.5 Å². The van der Waals surface area contributed by atoms with E-state index in [0.29, 0.717) is 11.1 Å². The van der Waals surface area contributed by atoms with Crippen LogP contribution in [0.5, 0.6) is 11.5 Å². The van der Waals surface area contributed by atoms with Crippen LogP contribution in [0, 0.1) is 5.82 Å². The van der Waals surface area contributed by atoms with E-state index in [1.54, 1.807) is 30.6 Å². The number of phenolic OH excluding ortho intramolecular Hbond substituents is 1. The highest BCUT2D eigenvalue weighted by atomic mass is 19.1. The molecule has 32 heavy (non-hydrogen) atoms. The summed E-state index contributed by atoms with van der Waals surface area (Å²) in [5, 5.41) is 20.9. The number of hydrogen-bond acceptors (Lipinski definition) is 6. The molecule has 0 saturated carbocycles. The predicted molar refractivity (Wildman–Crippen MR) is 113 cm³/mol. The Morgan fingerprint density at radius 1 is 1.16 bits per heavy atom.